The van der Waals surface area contributed by atoms with Crippen molar-refractivity contribution in [3.8, 4) is 11.5 Å². The number of halogens is 1. The Morgan fingerprint density at radius 1 is 1.16 bits per heavy atom. The summed E-state index contributed by atoms with van der Waals surface area (Å²) in [4.78, 5) is 29.1. The third kappa shape index (κ3) is 3.86. The number of carbonyl (C=O) groups is 2. The van der Waals surface area contributed by atoms with E-state index < -0.39 is 6.04 Å². The van der Waals surface area contributed by atoms with Crippen LogP contribution in [0, 0.1) is 6.92 Å². The number of aryl methyl sites for hydroxylation is 1. The van der Waals surface area contributed by atoms with Crippen LogP contribution in [0.25, 0.3) is 22.4 Å². The second kappa shape index (κ2) is 7.90. The zero-order chi connectivity index (χ0) is 21.5. The Morgan fingerprint density at radius 2 is 1.97 bits per heavy atom. The average molecular weight is 453 g/mol. The molecule has 1 fully saturated rings. The van der Waals surface area contributed by atoms with Crippen LogP contribution in [-0.4, -0.2) is 21.4 Å². The van der Waals surface area contributed by atoms with Gasteiger partial charge in [0.25, 0.3) is 5.24 Å². The molecule has 5 rings (SSSR count). The summed E-state index contributed by atoms with van der Waals surface area (Å²) in [6.45, 7) is 1.85. The number of amides is 1. The van der Waals surface area contributed by atoms with Gasteiger partial charge in [0.2, 0.25) is 11.0 Å². The van der Waals surface area contributed by atoms with Crippen LogP contribution < -0.4 is 5.32 Å². The third-order valence-electron chi connectivity index (χ3n) is 5.42. The molecule has 1 saturated heterocycles. The van der Waals surface area contributed by atoms with E-state index in [0.29, 0.717) is 34.9 Å². The fraction of sp³-hybridized carbons (Fsp3) is 0.174. The Labute approximate surface area is 187 Å². The number of hydrogen-bond donors (Lipinski definition) is 1. The van der Waals surface area contributed by atoms with Gasteiger partial charge in [-0.1, -0.05) is 17.7 Å². The summed E-state index contributed by atoms with van der Waals surface area (Å²) < 4.78 is 11.3. The van der Waals surface area contributed by atoms with E-state index in [-0.39, 0.29) is 16.3 Å². The van der Waals surface area contributed by atoms with Crippen LogP contribution in [-0.2, 0) is 11.2 Å². The Balaban J connectivity index is 1.52. The largest absolute Gasteiger partial charge is 0.464 e. The van der Waals surface area contributed by atoms with Crippen molar-refractivity contribution in [1.82, 2.24) is 10.3 Å². The number of nitrogens with zero attached hydrogens (tertiary/aromatic N) is 1. The number of carbonyl (C=O) groups excluding carboxylic acids is 2. The molecule has 31 heavy (non-hydrogen) atoms. The van der Waals surface area contributed by atoms with Gasteiger partial charge in [-0.15, -0.1) is 0 Å². The lowest BCUT2D eigenvalue weighted by Gasteiger charge is -2.22. The van der Waals surface area contributed by atoms with Crippen LogP contribution in [0.5, 0.6) is 0 Å². The molecule has 1 N–H and O–H groups in total. The minimum atomic E-state index is -0.642. The highest BCUT2D eigenvalue weighted by Gasteiger charge is 2.39. The van der Waals surface area contributed by atoms with Crippen molar-refractivity contribution in [3.05, 3.63) is 76.8 Å². The number of aromatic nitrogens is 1. The Hall–Kier alpha value is -3.03. The Morgan fingerprint density at radius 3 is 2.71 bits per heavy atom. The summed E-state index contributed by atoms with van der Waals surface area (Å²) in [5.74, 6) is 0.862. The molecule has 0 radical (unpaired) electrons. The number of rotatable bonds is 5. The third-order valence-corrected chi connectivity index (χ3v) is 6.43. The highest BCUT2D eigenvalue weighted by molar-refractivity contribution is 8.26. The summed E-state index contributed by atoms with van der Waals surface area (Å²) in [5.41, 5.74) is 3.24. The van der Waals surface area contributed by atoms with Crippen LogP contribution in [0.3, 0.4) is 0 Å². The maximum Gasteiger partial charge on any atom is 0.287 e. The fourth-order valence-electron chi connectivity index (χ4n) is 3.82. The molecule has 1 aliphatic heterocycles. The van der Waals surface area contributed by atoms with Crippen molar-refractivity contribution in [1.29, 1.82) is 0 Å². The van der Waals surface area contributed by atoms with Gasteiger partial charge < -0.3 is 14.2 Å². The molecular formula is C23H17ClN2O4S. The first kappa shape index (κ1) is 19.9. The predicted molar refractivity (Wildman–Crippen MR) is 119 cm³/mol. The van der Waals surface area contributed by atoms with Gasteiger partial charge in [0, 0.05) is 40.1 Å². The van der Waals surface area contributed by atoms with Crippen molar-refractivity contribution in [3.63, 3.8) is 0 Å². The lowest BCUT2D eigenvalue weighted by molar-refractivity contribution is -0.112. The van der Waals surface area contributed by atoms with Gasteiger partial charge >= 0.3 is 0 Å². The minimum absolute atomic E-state index is 0.193. The molecule has 8 heteroatoms. The lowest BCUT2D eigenvalue weighted by atomic mass is 9.87. The number of thioether (sulfide) groups is 1. The second-order valence-electron chi connectivity index (χ2n) is 7.39. The van der Waals surface area contributed by atoms with E-state index in [4.69, 9.17) is 20.4 Å². The number of hydrogen-bond acceptors (Lipinski definition) is 6. The van der Waals surface area contributed by atoms with E-state index in [1.165, 1.54) is 0 Å². The van der Waals surface area contributed by atoms with Crippen LogP contribution in [0.15, 0.2) is 63.6 Å². The highest BCUT2D eigenvalue weighted by Crippen LogP contribution is 2.34. The maximum atomic E-state index is 12.6. The fourth-order valence-corrected chi connectivity index (χ4v) is 4.67. The van der Waals surface area contributed by atoms with Crippen LogP contribution in [0.1, 0.15) is 22.9 Å². The van der Waals surface area contributed by atoms with E-state index in [2.05, 4.69) is 10.3 Å². The second-order valence-corrected chi connectivity index (χ2v) is 8.80. The van der Waals surface area contributed by atoms with Gasteiger partial charge in [-0.25, -0.2) is 4.98 Å². The van der Waals surface area contributed by atoms with E-state index in [9.17, 15) is 9.59 Å². The number of nitrogens with one attached hydrogen (secondary N) is 1. The van der Waals surface area contributed by atoms with Crippen molar-refractivity contribution in [2.45, 2.75) is 25.3 Å². The van der Waals surface area contributed by atoms with Gasteiger partial charge in [0.15, 0.2) is 0 Å². The molecule has 2 atom stereocenters. The first-order chi connectivity index (χ1) is 15.0. The molecule has 4 aromatic rings. The quantitative estimate of drug-likeness (QED) is 0.416. The molecule has 6 nitrogen and oxygen atoms in total. The first-order valence-corrected chi connectivity index (χ1v) is 10.9. The van der Waals surface area contributed by atoms with Crippen LogP contribution in [0.4, 0.5) is 4.79 Å². The van der Waals surface area contributed by atoms with Gasteiger partial charge in [0.05, 0.1) is 12.0 Å². The van der Waals surface area contributed by atoms with E-state index in [1.54, 1.807) is 18.4 Å². The molecular weight excluding hydrogens is 436 g/mol. The number of furan rings is 1. The molecule has 0 saturated carbocycles. The Bertz CT molecular complexity index is 1290. The standard InChI is InChI=1S/C23H17ClN2O4S/c1-12-18(25-21(30-12)13-2-5-16(24)6-3-13)11-17(20-22(27)31-23(28)26-20)14-4-7-19-15(10-14)8-9-29-19/h2-10,17,20H,11H2,1H3,(H,26,28). The van der Waals surface area contributed by atoms with E-state index >= 15 is 0 Å². The van der Waals surface area contributed by atoms with Crippen LogP contribution >= 0.6 is 23.4 Å². The number of fused-ring (bicyclic) bond motifs is 1. The Kier molecular flexibility index (Phi) is 5.08. The highest BCUT2D eigenvalue weighted by atomic mass is 35.5. The minimum Gasteiger partial charge on any atom is -0.464 e. The number of benzene rings is 2. The first-order valence-electron chi connectivity index (χ1n) is 9.69. The van der Waals surface area contributed by atoms with Crippen molar-refractivity contribution in [2.24, 2.45) is 0 Å². The lowest BCUT2D eigenvalue weighted by Crippen LogP contribution is -2.36. The van der Waals surface area contributed by atoms with Gasteiger partial charge in [-0.2, -0.15) is 0 Å². The normalized spacial score (nSPS) is 17.3. The van der Waals surface area contributed by atoms with Gasteiger partial charge in [0.1, 0.15) is 17.4 Å². The maximum absolute atomic E-state index is 12.6. The summed E-state index contributed by atoms with van der Waals surface area (Å²) in [5, 5.41) is 3.85. The topological polar surface area (TPSA) is 85.3 Å². The molecule has 0 bridgehead atoms. The summed E-state index contributed by atoms with van der Waals surface area (Å²) in [6.07, 6.45) is 2.06. The molecule has 3 heterocycles. The molecule has 2 aromatic carbocycles. The molecule has 0 aliphatic carbocycles. The van der Waals surface area contributed by atoms with E-state index in [1.807, 2.05) is 43.3 Å². The van der Waals surface area contributed by atoms with Gasteiger partial charge in [-0.05, 0) is 55.0 Å². The molecule has 2 unspecified atom stereocenters. The average Bonchev–Trinajstić information content (AvgIpc) is 3.45. The molecule has 1 aliphatic rings. The monoisotopic (exact) mass is 452 g/mol. The van der Waals surface area contributed by atoms with Crippen molar-refractivity contribution in [2.75, 3.05) is 0 Å². The molecule has 2 aromatic heterocycles. The van der Waals surface area contributed by atoms with Crippen molar-refractivity contribution >= 4 is 44.7 Å². The summed E-state index contributed by atoms with van der Waals surface area (Å²) >= 11 is 6.69. The van der Waals surface area contributed by atoms with Gasteiger partial charge in [-0.3, -0.25) is 9.59 Å². The molecule has 156 valence electrons. The zero-order valence-corrected chi connectivity index (χ0v) is 18.0. The smallest absolute Gasteiger partial charge is 0.287 e. The summed E-state index contributed by atoms with van der Waals surface area (Å²) in [6, 6.07) is 14.3. The molecule has 0 spiro atoms. The number of oxazole rings is 1. The SMILES string of the molecule is Cc1oc(-c2ccc(Cl)cc2)nc1CC(c1ccc2occc2c1)C1NC(=O)SC1=O. The van der Waals surface area contributed by atoms with Crippen molar-refractivity contribution < 1.29 is 18.4 Å². The molecule has 1 amide bonds. The van der Waals surface area contributed by atoms with E-state index in [0.717, 1.165) is 27.8 Å². The predicted octanol–water partition coefficient (Wildman–Crippen LogP) is 5.73. The van der Waals surface area contributed by atoms with Crippen LogP contribution in [0.2, 0.25) is 5.02 Å². The summed E-state index contributed by atoms with van der Waals surface area (Å²) in [7, 11) is 0. The zero-order valence-electron chi connectivity index (χ0n) is 16.4.